The molecule has 0 radical (unpaired) electrons. The minimum atomic E-state index is -0.376. The van der Waals surface area contributed by atoms with Crippen LogP contribution in [0.25, 0.3) is 11.7 Å². The van der Waals surface area contributed by atoms with E-state index in [9.17, 15) is 9.90 Å². The van der Waals surface area contributed by atoms with Crippen LogP contribution in [0.4, 0.5) is 0 Å². The van der Waals surface area contributed by atoms with Gasteiger partial charge in [0.15, 0.2) is 11.1 Å². The Labute approximate surface area is 130 Å². The quantitative estimate of drug-likeness (QED) is 0.658. The van der Waals surface area contributed by atoms with Crippen LogP contribution in [0, 0.1) is 6.92 Å². The van der Waals surface area contributed by atoms with Crippen LogP contribution in [0.2, 0.25) is 0 Å². The molecule has 4 rings (SSSR count). The van der Waals surface area contributed by atoms with E-state index < -0.39 is 0 Å². The van der Waals surface area contributed by atoms with Crippen LogP contribution in [-0.2, 0) is 7.05 Å². The van der Waals surface area contributed by atoms with Crippen LogP contribution in [-0.4, -0.2) is 35.3 Å². The molecule has 118 valence electrons. The monoisotopic (exact) mass is 312 g/mol. The fourth-order valence-electron chi connectivity index (χ4n) is 2.45. The number of H-pyrrole nitrogens is 1. The Morgan fingerprint density at radius 3 is 2.91 bits per heavy atom. The van der Waals surface area contributed by atoms with Gasteiger partial charge < -0.3 is 10.1 Å². The average molecular weight is 312 g/mol. The molecule has 0 bridgehead atoms. The van der Waals surface area contributed by atoms with E-state index in [2.05, 4.69) is 20.1 Å². The highest BCUT2D eigenvalue weighted by Crippen LogP contribution is 2.22. The smallest absolute Gasteiger partial charge is 0.328 e. The fraction of sp³-hybridized carbons (Fsp3) is 0.333. The number of nitrogens with one attached hydrogen (secondary N) is 1. The van der Waals surface area contributed by atoms with E-state index in [0.29, 0.717) is 22.6 Å². The maximum Gasteiger partial charge on any atom is 0.328 e. The summed E-state index contributed by atoms with van der Waals surface area (Å²) in [6.07, 6.45) is 5.54. The normalized spacial score (nSPS) is 16.6. The largest absolute Gasteiger partial charge is 0.493 e. The Hall–Kier alpha value is -2.90. The highest BCUT2D eigenvalue weighted by atomic mass is 16.3. The maximum atomic E-state index is 11.6. The molecule has 8 nitrogen and oxygen atoms in total. The van der Waals surface area contributed by atoms with Crippen molar-refractivity contribution in [3.63, 3.8) is 0 Å². The van der Waals surface area contributed by atoms with Crippen LogP contribution < -0.4 is 16.4 Å². The molecule has 0 aromatic carbocycles. The Kier molecular flexibility index (Phi) is 2.87. The van der Waals surface area contributed by atoms with Crippen LogP contribution in [0.1, 0.15) is 24.2 Å². The third kappa shape index (κ3) is 2.32. The predicted octanol–water partition coefficient (Wildman–Crippen LogP) is -0.619. The summed E-state index contributed by atoms with van der Waals surface area (Å²) in [7, 11) is 1.50. The van der Waals surface area contributed by atoms with Gasteiger partial charge in [0.1, 0.15) is 5.69 Å². The van der Waals surface area contributed by atoms with Crippen molar-refractivity contribution in [2.45, 2.75) is 25.8 Å². The number of nitrogens with zero attached hydrogens (tertiary/aromatic N) is 5. The first-order valence-electron chi connectivity index (χ1n) is 7.42. The van der Waals surface area contributed by atoms with E-state index in [4.69, 9.17) is 0 Å². The van der Waals surface area contributed by atoms with Gasteiger partial charge in [0, 0.05) is 24.0 Å². The zero-order valence-electron chi connectivity index (χ0n) is 12.8. The molecule has 23 heavy (non-hydrogen) atoms. The number of aromatic nitrogens is 5. The lowest BCUT2D eigenvalue weighted by Crippen LogP contribution is -2.19. The number of fused-ring (bicyclic) bond motifs is 1. The van der Waals surface area contributed by atoms with Crippen LogP contribution >= 0.6 is 0 Å². The van der Waals surface area contributed by atoms with Gasteiger partial charge >= 0.3 is 5.69 Å². The number of hydrogen-bond donors (Lipinski definition) is 2. The SMILES string of the molecule is Cc1cc(=NC2CC2)n2ncc(=Cc3[nH]c(=O)n(C)c3O)c2n1. The van der Waals surface area contributed by atoms with Gasteiger partial charge in [-0.05, 0) is 25.8 Å². The van der Waals surface area contributed by atoms with Crippen LogP contribution in [0.3, 0.4) is 0 Å². The van der Waals surface area contributed by atoms with Crippen molar-refractivity contribution in [2.24, 2.45) is 12.0 Å². The standard InChI is InChI=1S/C15H16N6O2/c1-8-5-12(18-10-3-4-10)21-13(17-8)9(7-16-21)6-11-14(22)20(2)15(23)19-11/h5-7,10,22H,3-4H2,1-2H3,(H,19,23). The van der Waals surface area contributed by atoms with Gasteiger partial charge in [-0.3, -0.25) is 9.56 Å². The molecule has 3 heterocycles. The van der Waals surface area contributed by atoms with E-state index in [1.165, 1.54) is 7.05 Å². The van der Waals surface area contributed by atoms with E-state index in [1.54, 1.807) is 16.8 Å². The molecular formula is C15H16N6O2. The summed E-state index contributed by atoms with van der Waals surface area (Å²) >= 11 is 0. The van der Waals surface area contributed by atoms with Gasteiger partial charge in [-0.15, -0.1) is 0 Å². The van der Waals surface area contributed by atoms with Crippen molar-refractivity contribution in [1.82, 2.24) is 24.1 Å². The molecule has 1 fully saturated rings. The van der Waals surface area contributed by atoms with Crippen molar-refractivity contribution >= 4 is 11.7 Å². The van der Waals surface area contributed by atoms with Crippen molar-refractivity contribution in [3.8, 4) is 5.88 Å². The van der Waals surface area contributed by atoms with Gasteiger partial charge in [-0.1, -0.05) is 0 Å². The molecule has 1 aliphatic carbocycles. The molecule has 0 unspecified atom stereocenters. The van der Waals surface area contributed by atoms with Gasteiger partial charge in [-0.2, -0.15) is 9.61 Å². The lowest BCUT2D eigenvalue weighted by Gasteiger charge is -1.97. The van der Waals surface area contributed by atoms with Gasteiger partial charge in [-0.25, -0.2) is 9.78 Å². The number of aromatic hydroxyl groups is 1. The summed E-state index contributed by atoms with van der Waals surface area (Å²) in [5.74, 6) is -0.120. The Morgan fingerprint density at radius 2 is 2.26 bits per heavy atom. The number of aromatic amines is 1. The van der Waals surface area contributed by atoms with E-state index in [0.717, 1.165) is 28.6 Å². The van der Waals surface area contributed by atoms with Gasteiger partial charge in [0.25, 0.3) is 0 Å². The first kappa shape index (κ1) is 13.7. The third-order valence-electron chi connectivity index (χ3n) is 3.87. The Bertz CT molecular complexity index is 1080. The summed E-state index contributed by atoms with van der Waals surface area (Å²) in [6.45, 7) is 1.91. The minimum absolute atomic E-state index is 0.120. The molecule has 0 amide bonds. The minimum Gasteiger partial charge on any atom is -0.493 e. The Morgan fingerprint density at radius 1 is 1.48 bits per heavy atom. The molecule has 0 atom stereocenters. The number of imidazole rings is 1. The zero-order valence-corrected chi connectivity index (χ0v) is 12.8. The molecule has 2 N–H and O–H groups in total. The zero-order chi connectivity index (χ0) is 16.1. The summed E-state index contributed by atoms with van der Waals surface area (Å²) in [6, 6.07) is 2.29. The van der Waals surface area contributed by atoms with Gasteiger partial charge in [0.2, 0.25) is 5.88 Å². The number of aryl methyl sites for hydroxylation is 1. The average Bonchev–Trinajstić information content (AvgIpc) is 3.19. The molecule has 3 aromatic rings. The lowest BCUT2D eigenvalue weighted by molar-refractivity contribution is 0.428. The molecule has 8 heteroatoms. The Balaban J connectivity index is 1.98. The van der Waals surface area contributed by atoms with Crippen molar-refractivity contribution < 1.29 is 5.11 Å². The van der Waals surface area contributed by atoms with Crippen LogP contribution in [0.5, 0.6) is 5.88 Å². The van der Waals surface area contributed by atoms with Crippen molar-refractivity contribution in [3.05, 3.63) is 44.8 Å². The molecule has 1 aliphatic rings. The maximum absolute atomic E-state index is 11.6. The van der Waals surface area contributed by atoms with Crippen molar-refractivity contribution in [2.75, 3.05) is 0 Å². The molecule has 0 saturated heterocycles. The first-order chi connectivity index (χ1) is 11.0. The molecule has 3 aromatic heterocycles. The summed E-state index contributed by atoms with van der Waals surface area (Å²) in [5, 5.41) is 15.0. The first-order valence-corrected chi connectivity index (χ1v) is 7.42. The third-order valence-corrected chi connectivity index (χ3v) is 3.87. The summed E-state index contributed by atoms with van der Waals surface area (Å²) in [4.78, 5) is 23.3. The molecule has 0 spiro atoms. The molecular weight excluding hydrogens is 296 g/mol. The second kappa shape index (κ2) is 4.80. The van der Waals surface area contributed by atoms with Crippen LogP contribution in [0.15, 0.2) is 22.1 Å². The van der Waals surface area contributed by atoms with E-state index in [-0.39, 0.29) is 11.6 Å². The lowest BCUT2D eigenvalue weighted by atomic mass is 10.3. The number of rotatable bonds is 2. The fourth-order valence-corrected chi connectivity index (χ4v) is 2.45. The highest BCUT2D eigenvalue weighted by Gasteiger charge is 2.20. The summed E-state index contributed by atoms with van der Waals surface area (Å²) in [5.41, 5.74) is 2.22. The van der Waals surface area contributed by atoms with E-state index >= 15 is 0 Å². The highest BCUT2D eigenvalue weighted by molar-refractivity contribution is 5.56. The second-order valence-electron chi connectivity index (χ2n) is 5.82. The predicted molar refractivity (Wildman–Crippen MR) is 82.8 cm³/mol. The van der Waals surface area contributed by atoms with Crippen molar-refractivity contribution in [1.29, 1.82) is 0 Å². The topological polar surface area (TPSA) is 101 Å². The summed E-state index contributed by atoms with van der Waals surface area (Å²) < 4.78 is 2.83. The molecule has 0 aliphatic heterocycles. The number of hydrogen-bond acceptors (Lipinski definition) is 5. The molecule has 1 saturated carbocycles. The van der Waals surface area contributed by atoms with E-state index in [1.807, 2.05) is 13.0 Å². The second-order valence-corrected chi connectivity index (χ2v) is 5.82. The van der Waals surface area contributed by atoms with Gasteiger partial charge in [0.05, 0.1) is 12.2 Å².